The van der Waals surface area contributed by atoms with E-state index in [1.54, 1.807) is 12.1 Å². The maximum Gasteiger partial charge on any atom is 0.294 e. The number of carbonyl (C=O) groups is 3. The van der Waals surface area contributed by atoms with Crippen molar-refractivity contribution in [3.05, 3.63) is 33.1 Å². The molecule has 1 aliphatic rings. The van der Waals surface area contributed by atoms with E-state index >= 15 is 0 Å². The molecule has 1 aliphatic heterocycles. The van der Waals surface area contributed by atoms with Crippen molar-refractivity contribution in [3.8, 4) is 5.75 Å². The Morgan fingerprint density at radius 1 is 1.36 bits per heavy atom. The van der Waals surface area contributed by atoms with E-state index in [4.69, 9.17) is 4.74 Å². The van der Waals surface area contributed by atoms with Crippen LogP contribution in [0.3, 0.4) is 0 Å². The van der Waals surface area contributed by atoms with Crippen LogP contribution < -0.4 is 10.1 Å². The van der Waals surface area contributed by atoms with Gasteiger partial charge in [-0.3, -0.25) is 19.3 Å². The normalized spacial score (nSPS) is 15.8. The van der Waals surface area contributed by atoms with Gasteiger partial charge in [0.1, 0.15) is 12.3 Å². The number of hydrogen-bond acceptors (Lipinski definition) is 5. The quantitative estimate of drug-likeness (QED) is 0.675. The van der Waals surface area contributed by atoms with Crippen LogP contribution in [0, 0.1) is 0 Å². The van der Waals surface area contributed by atoms with Crippen LogP contribution in [0.25, 0.3) is 6.08 Å². The molecule has 1 fully saturated rings. The van der Waals surface area contributed by atoms with Crippen LogP contribution in [0.4, 0.5) is 4.79 Å². The second kappa shape index (κ2) is 9.05. The standard InChI is InChI=1S/C17H19BrN2O4S/c1-3-7-19-15(21)10-20-16(22)14(25-17(20)23)9-11-8-12(18)5-6-13(11)24-4-2/h5-6,8-9H,3-4,7,10H2,1-2H3,(H,19,21)/b14-9-. The SMILES string of the molecule is CCCNC(=O)CN1C(=O)S/C(=C\c2cc(Br)ccc2OCC)C1=O. The molecule has 0 aliphatic carbocycles. The molecule has 1 aromatic carbocycles. The van der Waals surface area contributed by atoms with Crippen LogP contribution in [-0.4, -0.2) is 41.6 Å². The van der Waals surface area contributed by atoms with Crippen LogP contribution in [0.1, 0.15) is 25.8 Å². The predicted octanol–water partition coefficient (Wildman–Crippen LogP) is 3.41. The summed E-state index contributed by atoms with van der Waals surface area (Å²) >= 11 is 4.21. The van der Waals surface area contributed by atoms with Gasteiger partial charge in [0.2, 0.25) is 5.91 Å². The zero-order valence-electron chi connectivity index (χ0n) is 14.0. The zero-order chi connectivity index (χ0) is 18.4. The Balaban J connectivity index is 2.20. The Kier molecular flexibility index (Phi) is 7.07. The molecule has 6 nitrogen and oxygen atoms in total. The molecule has 1 heterocycles. The van der Waals surface area contributed by atoms with Crippen molar-refractivity contribution in [1.82, 2.24) is 10.2 Å². The summed E-state index contributed by atoms with van der Waals surface area (Å²) in [4.78, 5) is 37.6. The first-order valence-electron chi connectivity index (χ1n) is 7.90. The summed E-state index contributed by atoms with van der Waals surface area (Å²) in [6.07, 6.45) is 2.40. The largest absolute Gasteiger partial charge is 0.493 e. The molecule has 134 valence electrons. The lowest BCUT2D eigenvalue weighted by Gasteiger charge is -2.12. The number of imide groups is 1. The van der Waals surface area contributed by atoms with Gasteiger partial charge in [0, 0.05) is 16.6 Å². The highest BCUT2D eigenvalue weighted by molar-refractivity contribution is 9.10. The van der Waals surface area contributed by atoms with E-state index in [1.165, 1.54) is 0 Å². The number of thioether (sulfide) groups is 1. The van der Waals surface area contributed by atoms with Gasteiger partial charge in [0.05, 0.1) is 11.5 Å². The highest BCUT2D eigenvalue weighted by Gasteiger charge is 2.36. The van der Waals surface area contributed by atoms with Gasteiger partial charge in [0.15, 0.2) is 0 Å². The van der Waals surface area contributed by atoms with E-state index in [-0.39, 0.29) is 17.4 Å². The summed E-state index contributed by atoms with van der Waals surface area (Å²) < 4.78 is 6.39. The van der Waals surface area contributed by atoms with Crippen molar-refractivity contribution in [2.75, 3.05) is 19.7 Å². The maximum absolute atomic E-state index is 12.5. The molecule has 2 rings (SSSR count). The maximum atomic E-state index is 12.5. The van der Waals surface area contributed by atoms with Gasteiger partial charge >= 0.3 is 0 Å². The fourth-order valence-corrected chi connectivity index (χ4v) is 3.37. The van der Waals surface area contributed by atoms with Crippen molar-refractivity contribution in [1.29, 1.82) is 0 Å². The van der Waals surface area contributed by atoms with Crippen molar-refractivity contribution < 1.29 is 19.1 Å². The Morgan fingerprint density at radius 2 is 2.12 bits per heavy atom. The lowest BCUT2D eigenvalue weighted by Crippen LogP contribution is -2.39. The molecule has 1 N–H and O–H groups in total. The van der Waals surface area contributed by atoms with E-state index in [9.17, 15) is 14.4 Å². The molecule has 0 atom stereocenters. The van der Waals surface area contributed by atoms with Crippen molar-refractivity contribution in [2.24, 2.45) is 0 Å². The Morgan fingerprint density at radius 3 is 2.80 bits per heavy atom. The Bertz CT molecular complexity index is 721. The number of hydrogen-bond donors (Lipinski definition) is 1. The molecule has 0 aromatic heterocycles. The van der Waals surface area contributed by atoms with E-state index < -0.39 is 11.1 Å². The third-order valence-electron chi connectivity index (χ3n) is 3.31. The molecule has 0 radical (unpaired) electrons. The number of carbonyl (C=O) groups excluding carboxylic acids is 3. The van der Waals surface area contributed by atoms with E-state index in [2.05, 4.69) is 21.2 Å². The molecule has 1 saturated heterocycles. The van der Waals surface area contributed by atoms with Gasteiger partial charge in [-0.05, 0) is 49.4 Å². The molecular formula is C17H19BrN2O4S. The molecule has 8 heteroatoms. The Hall–Kier alpha value is -1.80. The molecular weight excluding hydrogens is 408 g/mol. The minimum absolute atomic E-state index is 0.265. The molecule has 0 saturated carbocycles. The number of amides is 3. The van der Waals surface area contributed by atoms with Crippen molar-refractivity contribution >= 4 is 50.8 Å². The van der Waals surface area contributed by atoms with Gasteiger partial charge in [-0.25, -0.2) is 0 Å². The summed E-state index contributed by atoms with van der Waals surface area (Å²) in [6.45, 7) is 4.53. The topological polar surface area (TPSA) is 75.7 Å². The van der Waals surface area contributed by atoms with Gasteiger partial charge in [-0.2, -0.15) is 0 Å². The molecule has 1 aromatic rings. The Labute approximate surface area is 159 Å². The lowest BCUT2D eigenvalue weighted by atomic mass is 10.2. The van der Waals surface area contributed by atoms with E-state index in [0.29, 0.717) is 24.5 Å². The van der Waals surface area contributed by atoms with Gasteiger partial charge in [0.25, 0.3) is 11.1 Å². The summed E-state index contributed by atoms with van der Waals surface area (Å²) in [5.41, 5.74) is 0.692. The first-order valence-corrected chi connectivity index (χ1v) is 9.51. The van der Waals surface area contributed by atoms with E-state index in [0.717, 1.165) is 27.6 Å². The number of ether oxygens (including phenoxy) is 1. The summed E-state index contributed by atoms with van der Waals surface area (Å²) in [5.74, 6) is -0.190. The fraction of sp³-hybridized carbons (Fsp3) is 0.353. The number of nitrogens with zero attached hydrogens (tertiary/aromatic N) is 1. The van der Waals surface area contributed by atoms with Crippen LogP contribution in [0.5, 0.6) is 5.75 Å². The first-order chi connectivity index (χ1) is 12.0. The molecule has 0 bridgehead atoms. The number of rotatable bonds is 7. The first kappa shape index (κ1) is 19.5. The second-order valence-corrected chi connectivity index (χ2v) is 7.14. The van der Waals surface area contributed by atoms with Gasteiger partial charge < -0.3 is 10.1 Å². The van der Waals surface area contributed by atoms with Crippen molar-refractivity contribution in [2.45, 2.75) is 20.3 Å². The predicted molar refractivity (Wildman–Crippen MR) is 101 cm³/mol. The van der Waals surface area contributed by atoms with Gasteiger partial charge in [-0.1, -0.05) is 22.9 Å². The van der Waals surface area contributed by atoms with Crippen molar-refractivity contribution in [3.63, 3.8) is 0 Å². The minimum atomic E-state index is -0.468. The lowest BCUT2D eigenvalue weighted by molar-refractivity contribution is -0.129. The van der Waals surface area contributed by atoms with Crippen LogP contribution in [-0.2, 0) is 9.59 Å². The highest BCUT2D eigenvalue weighted by Crippen LogP contribution is 2.34. The number of benzene rings is 1. The number of nitrogens with one attached hydrogen (secondary N) is 1. The summed E-state index contributed by atoms with van der Waals surface area (Å²) in [7, 11) is 0. The molecule has 0 unspecified atom stereocenters. The zero-order valence-corrected chi connectivity index (χ0v) is 16.4. The van der Waals surface area contributed by atoms with Crippen LogP contribution in [0.15, 0.2) is 27.6 Å². The fourth-order valence-electron chi connectivity index (χ4n) is 2.16. The minimum Gasteiger partial charge on any atom is -0.493 e. The molecule has 3 amide bonds. The highest BCUT2D eigenvalue weighted by atomic mass is 79.9. The second-order valence-electron chi connectivity index (χ2n) is 5.23. The monoisotopic (exact) mass is 426 g/mol. The van der Waals surface area contributed by atoms with E-state index in [1.807, 2.05) is 26.0 Å². The smallest absolute Gasteiger partial charge is 0.294 e. The summed E-state index contributed by atoms with van der Waals surface area (Å²) in [6, 6.07) is 5.45. The molecule has 25 heavy (non-hydrogen) atoms. The van der Waals surface area contributed by atoms with Crippen LogP contribution in [0.2, 0.25) is 0 Å². The summed E-state index contributed by atoms with van der Waals surface area (Å²) in [5, 5.41) is 2.21. The molecule has 0 spiro atoms. The van der Waals surface area contributed by atoms with Gasteiger partial charge in [-0.15, -0.1) is 0 Å². The third-order valence-corrected chi connectivity index (χ3v) is 4.71. The third kappa shape index (κ3) is 5.09. The average Bonchev–Trinajstić information content (AvgIpc) is 2.83. The van der Waals surface area contributed by atoms with Crippen LogP contribution >= 0.6 is 27.7 Å². The number of halogens is 1. The average molecular weight is 427 g/mol.